The highest BCUT2D eigenvalue weighted by molar-refractivity contribution is 6.04. The van der Waals surface area contributed by atoms with E-state index in [9.17, 15) is 14.4 Å². The number of rotatable bonds is 10. The highest BCUT2D eigenvalue weighted by Gasteiger charge is 2.11. The van der Waals surface area contributed by atoms with Gasteiger partial charge >= 0.3 is 5.97 Å². The Morgan fingerprint density at radius 1 is 0.964 bits per heavy atom. The predicted molar refractivity (Wildman–Crippen MR) is 104 cm³/mol. The van der Waals surface area contributed by atoms with E-state index in [0.717, 1.165) is 5.75 Å². The van der Waals surface area contributed by atoms with Gasteiger partial charge in [0.2, 0.25) is 0 Å². The quantitative estimate of drug-likeness (QED) is 0.384. The lowest BCUT2D eigenvalue weighted by atomic mass is 10.1. The molecule has 2 rings (SSSR count). The van der Waals surface area contributed by atoms with Gasteiger partial charge in [-0.15, -0.1) is 0 Å². The topological polar surface area (TPSA) is 90.9 Å². The lowest BCUT2D eigenvalue weighted by Crippen LogP contribution is -2.22. The zero-order chi connectivity index (χ0) is 20.4. The van der Waals surface area contributed by atoms with Crippen molar-refractivity contribution in [1.29, 1.82) is 0 Å². The maximum atomic E-state index is 11.9. The molecule has 2 aromatic carbocycles. The molecule has 148 valence electrons. The van der Waals surface area contributed by atoms with E-state index >= 15 is 0 Å². The van der Waals surface area contributed by atoms with Gasteiger partial charge < -0.3 is 19.5 Å². The third-order valence-electron chi connectivity index (χ3n) is 3.80. The van der Waals surface area contributed by atoms with Crippen LogP contribution in [0.4, 0.5) is 5.69 Å². The number of hydrogen-bond donors (Lipinski definition) is 1. The number of ether oxygens (including phenoxy) is 3. The van der Waals surface area contributed by atoms with Crippen LogP contribution in [0.2, 0.25) is 0 Å². The van der Waals surface area contributed by atoms with Gasteiger partial charge in [0, 0.05) is 12.0 Å². The van der Waals surface area contributed by atoms with Gasteiger partial charge in [0.25, 0.3) is 5.91 Å². The van der Waals surface area contributed by atoms with Gasteiger partial charge in [0.1, 0.15) is 11.5 Å². The fourth-order valence-corrected chi connectivity index (χ4v) is 2.38. The minimum absolute atomic E-state index is 0.132. The third-order valence-corrected chi connectivity index (χ3v) is 3.80. The molecule has 1 amide bonds. The zero-order valence-corrected chi connectivity index (χ0v) is 15.9. The molecule has 2 aromatic rings. The Morgan fingerprint density at radius 3 is 2.32 bits per heavy atom. The van der Waals surface area contributed by atoms with Crippen LogP contribution in [0, 0.1) is 0 Å². The van der Waals surface area contributed by atoms with Crippen molar-refractivity contribution in [2.45, 2.75) is 19.8 Å². The summed E-state index contributed by atoms with van der Waals surface area (Å²) in [6, 6.07) is 13.8. The van der Waals surface area contributed by atoms with E-state index in [1.807, 2.05) is 0 Å². The number of nitrogens with one attached hydrogen (secondary N) is 1. The number of benzene rings is 2. The van der Waals surface area contributed by atoms with Crippen molar-refractivity contribution in [2.24, 2.45) is 0 Å². The maximum Gasteiger partial charge on any atom is 0.306 e. The Balaban J connectivity index is 1.66. The average Bonchev–Trinajstić information content (AvgIpc) is 2.70. The van der Waals surface area contributed by atoms with Crippen molar-refractivity contribution in [3.8, 4) is 11.5 Å². The van der Waals surface area contributed by atoms with Crippen molar-refractivity contribution >= 4 is 23.3 Å². The Labute approximate surface area is 163 Å². The largest absolute Gasteiger partial charge is 0.497 e. The lowest BCUT2D eigenvalue weighted by molar-refractivity contribution is -0.147. The van der Waals surface area contributed by atoms with Gasteiger partial charge in [-0.25, -0.2) is 0 Å². The van der Waals surface area contributed by atoms with Gasteiger partial charge in [-0.1, -0.05) is 12.1 Å². The number of methoxy groups -OCH3 is 1. The number of carbonyl (C=O) groups is 3. The molecule has 0 radical (unpaired) electrons. The van der Waals surface area contributed by atoms with Crippen molar-refractivity contribution in [2.75, 3.05) is 25.6 Å². The van der Waals surface area contributed by atoms with E-state index in [-0.39, 0.29) is 12.2 Å². The summed E-state index contributed by atoms with van der Waals surface area (Å²) in [7, 11) is 1.59. The Morgan fingerprint density at radius 2 is 1.64 bits per heavy atom. The molecule has 0 saturated carbocycles. The monoisotopic (exact) mass is 385 g/mol. The highest BCUT2D eigenvalue weighted by atomic mass is 16.5. The molecule has 0 fully saturated rings. The van der Waals surface area contributed by atoms with Gasteiger partial charge in [-0.05, 0) is 49.7 Å². The second-order valence-corrected chi connectivity index (χ2v) is 5.94. The molecule has 0 heterocycles. The second kappa shape index (κ2) is 10.7. The molecular weight excluding hydrogens is 362 g/mol. The average molecular weight is 385 g/mol. The second-order valence-electron chi connectivity index (χ2n) is 5.94. The summed E-state index contributed by atoms with van der Waals surface area (Å²) in [5.74, 6) is 0.257. The third kappa shape index (κ3) is 6.75. The van der Waals surface area contributed by atoms with Crippen molar-refractivity contribution in [1.82, 2.24) is 0 Å². The highest BCUT2D eigenvalue weighted by Crippen LogP contribution is 2.17. The molecule has 28 heavy (non-hydrogen) atoms. The van der Waals surface area contributed by atoms with E-state index < -0.39 is 18.5 Å². The van der Waals surface area contributed by atoms with E-state index in [1.165, 1.54) is 6.92 Å². The van der Waals surface area contributed by atoms with E-state index in [0.29, 0.717) is 30.0 Å². The van der Waals surface area contributed by atoms with Crippen LogP contribution in [0.1, 0.15) is 30.1 Å². The van der Waals surface area contributed by atoms with Crippen LogP contribution in [0.15, 0.2) is 48.5 Å². The summed E-state index contributed by atoms with van der Waals surface area (Å²) in [6.07, 6.45) is 0.590. The molecule has 7 nitrogen and oxygen atoms in total. The first-order valence-electron chi connectivity index (χ1n) is 8.82. The number of anilines is 1. The summed E-state index contributed by atoms with van der Waals surface area (Å²) >= 11 is 0. The fraction of sp³-hybridized carbons (Fsp3) is 0.286. The van der Waals surface area contributed by atoms with Crippen LogP contribution < -0.4 is 14.8 Å². The first-order chi connectivity index (χ1) is 13.5. The van der Waals surface area contributed by atoms with Crippen LogP contribution in [0.3, 0.4) is 0 Å². The van der Waals surface area contributed by atoms with Crippen LogP contribution >= 0.6 is 0 Å². The summed E-state index contributed by atoms with van der Waals surface area (Å²) in [6.45, 7) is 1.35. The molecule has 0 atom stereocenters. The van der Waals surface area contributed by atoms with Gasteiger partial charge in [-0.2, -0.15) is 0 Å². The van der Waals surface area contributed by atoms with Crippen molar-refractivity contribution < 1.29 is 28.6 Å². The molecule has 7 heteroatoms. The molecule has 0 spiro atoms. The van der Waals surface area contributed by atoms with Crippen LogP contribution in [0.5, 0.6) is 11.5 Å². The molecule has 1 N–H and O–H groups in total. The summed E-state index contributed by atoms with van der Waals surface area (Å²) in [5.41, 5.74) is 0.793. The Bertz CT molecular complexity index is 816. The van der Waals surface area contributed by atoms with Gasteiger partial charge in [0.05, 0.1) is 19.4 Å². The van der Waals surface area contributed by atoms with E-state index in [1.54, 1.807) is 55.6 Å². The number of ketones is 1. The first-order valence-corrected chi connectivity index (χ1v) is 8.82. The molecular formula is C21H23NO6. The van der Waals surface area contributed by atoms with E-state index in [4.69, 9.17) is 14.2 Å². The predicted octanol–water partition coefficient (Wildman–Crippen LogP) is 3.24. The zero-order valence-electron chi connectivity index (χ0n) is 15.9. The molecule has 0 aromatic heterocycles. The Hall–Kier alpha value is -3.35. The maximum absolute atomic E-state index is 11.9. The van der Waals surface area contributed by atoms with Crippen LogP contribution in [-0.2, 0) is 14.3 Å². The molecule has 0 aliphatic heterocycles. The standard InChI is InChI=1S/C21H23NO6/c1-15(23)18-6-3-4-7-19(18)22-20(24)14-28-21(25)8-5-13-27-17-11-9-16(26-2)10-12-17/h3-4,6-7,9-12H,5,8,13-14H2,1-2H3,(H,22,24). The molecule has 0 aliphatic rings. The van der Waals surface area contributed by atoms with Crippen LogP contribution in [-0.4, -0.2) is 38.0 Å². The number of Topliss-reactive ketones (excluding diaryl/α,β-unsaturated/α-hetero) is 1. The number of para-hydroxylation sites is 1. The summed E-state index contributed by atoms with van der Waals surface area (Å²) in [5, 5.41) is 2.57. The SMILES string of the molecule is COc1ccc(OCCCC(=O)OCC(=O)Nc2ccccc2C(C)=O)cc1. The van der Waals surface area contributed by atoms with Crippen molar-refractivity contribution in [3.63, 3.8) is 0 Å². The molecule has 0 saturated heterocycles. The van der Waals surface area contributed by atoms with E-state index in [2.05, 4.69) is 5.32 Å². The number of carbonyl (C=O) groups excluding carboxylic acids is 3. The summed E-state index contributed by atoms with van der Waals surface area (Å²) < 4.78 is 15.5. The van der Waals surface area contributed by atoms with Crippen LogP contribution in [0.25, 0.3) is 0 Å². The van der Waals surface area contributed by atoms with Gasteiger partial charge in [-0.3, -0.25) is 14.4 Å². The molecule has 0 unspecified atom stereocenters. The minimum atomic E-state index is -0.503. The lowest BCUT2D eigenvalue weighted by Gasteiger charge is -2.10. The number of amides is 1. The molecule has 0 bridgehead atoms. The number of esters is 1. The smallest absolute Gasteiger partial charge is 0.306 e. The van der Waals surface area contributed by atoms with Gasteiger partial charge in [0.15, 0.2) is 12.4 Å². The molecule has 0 aliphatic carbocycles. The fourth-order valence-electron chi connectivity index (χ4n) is 2.38. The number of hydrogen-bond acceptors (Lipinski definition) is 6. The summed E-state index contributed by atoms with van der Waals surface area (Å²) in [4.78, 5) is 35.2. The van der Waals surface area contributed by atoms with Crippen molar-refractivity contribution in [3.05, 3.63) is 54.1 Å². The normalized spacial score (nSPS) is 10.1. The first kappa shape index (κ1) is 21.0. The Kier molecular flexibility index (Phi) is 8.02. The minimum Gasteiger partial charge on any atom is -0.497 e.